The summed E-state index contributed by atoms with van der Waals surface area (Å²) < 4.78 is 13.8. The molecule has 0 spiro atoms. The van der Waals surface area contributed by atoms with Gasteiger partial charge in [0.05, 0.1) is 5.56 Å². The Morgan fingerprint density at radius 3 is 2.63 bits per heavy atom. The number of hydrogen-bond donors (Lipinski definition) is 1. The minimum Gasteiger partial charge on any atom is -0.339 e. The fourth-order valence-corrected chi connectivity index (χ4v) is 3.44. The van der Waals surface area contributed by atoms with E-state index in [0.717, 1.165) is 30.7 Å². The number of halogens is 1. The highest BCUT2D eigenvalue weighted by molar-refractivity contribution is 5.94. The Kier molecular flexibility index (Phi) is 4.91. The van der Waals surface area contributed by atoms with Crippen molar-refractivity contribution in [1.82, 2.24) is 25.1 Å². The first-order valence-electron chi connectivity index (χ1n) is 9.06. The van der Waals surface area contributed by atoms with Crippen molar-refractivity contribution in [3.05, 3.63) is 66.0 Å². The maximum atomic E-state index is 13.8. The van der Waals surface area contributed by atoms with Crippen molar-refractivity contribution >= 4 is 5.91 Å². The fourth-order valence-electron chi connectivity index (χ4n) is 3.44. The van der Waals surface area contributed by atoms with Gasteiger partial charge in [-0.2, -0.15) is 5.10 Å². The number of nitrogens with one attached hydrogen (secondary N) is 1. The van der Waals surface area contributed by atoms with E-state index in [9.17, 15) is 9.18 Å². The maximum Gasteiger partial charge on any atom is 0.256 e. The van der Waals surface area contributed by atoms with E-state index in [1.807, 2.05) is 12.1 Å². The number of carbonyl (C=O) groups excluding carboxylic acids is 1. The Balaban J connectivity index is 1.34. The average Bonchev–Trinajstić information content (AvgIpc) is 3.18. The molecular weight excluding hydrogens is 345 g/mol. The molecule has 2 aromatic heterocycles. The van der Waals surface area contributed by atoms with Gasteiger partial charge in [0.25, 0.3) is 5.91 Å². The largest absolute Gasteiger partial charge is 0.339 e. The van der Waals surface area contributed by atoms with E-state index in [0.29, 0.717) is 24.8 Å². The highest BCUT2D eigenvalue weighted by atomic mass is 19.1. The first-order chi connectivity index (χ1) is 13.2. The molecule has 0 unspecified atom stereocenters. The number of piperidine rings is 1. The van der Waals surface area contributed by atoms with Crippen LogP contribution in [-0.2, 0) is 6.42 Å². The third kappa shape index (κ3) is 3.86. The Labute approximate surface area is 156 Å². The molecule has 0 atom stereocenters. The summed E-state index contributed by atoms with van der Waals surface area (Å²) >= 11 is 0. The van der Waals surface area contributed by atoms with Crippen molar-refractivity contribution in [2.75, 3.05) is 13.1 Å². The smallest absolute Gasteiger partial charge is 0.256 e. The summed E-state index contributed by atoms with van der Waals surface area (Å²) in [6.45, 7) is 1.26. The van der Waals surface area contributed by atoms with Crippen molar-refractivity contribution in [2.45, 2.75) is 19.3 Å². The van der Waals surface area contributed by atoms with Gasteiger partial charge < -0.3 is 4.90 Å². The number of H-pyrrole nitrogens is 1. The topological polar surface area (TPSA) is 74.8 Å². The summed E-state index contributed by atoms with van der Waals surface area (Å²) in [6.07, 6.45) is 5.96. The summed E-state index contributed by atoms with van der Waals surface area (Å²) in [7, 11) is 0. The molecule has 0 aliphatic carbocycles. The van der Waals surface area contributed by atoms with Gasteiger partial charge in [-0.05, 0) is 43.0 Å². The van der Waals surface area contributed by atoms with Crippen LogP contribution in [0.5, 0.6) is 0 Å². The van der Waals surface area contributed by atoms with Crippen LogP contribution >= 0.6 is 0 Å². The molecule has 1 fully saturated rings. The molecule has 0 radical (unpaired) electrons. The predicted octanol–water partition coefficient (Wildman–Crippen LogP) is 3.10. The summed E-state index contributed by atoms with van der Waals surface area (Å²) in [5.74, 6) is 1.24. The van der Waals surface area contributed by atoms with Gasteiger partial charge in [0.1, 0.15) is 11.6 Å². The zero-order valence-corrected chi connectivity index (χ0v) is 14.8. The van der Waals surface area contributed by atoms with Crippen LogP contribution in [0, 0.1) is 11.7 Å². The molecule has 7 heteroatoms. The minimum absolute atomic E-state index is 0.146. The van der Waals surface area contributed by atoms with E-state index >= 15 is 0 Å². The van der Waals surface area contributed by atoms with E-state index < -0.39 is 5.82 Å². The molecule has 0 bridgehead atoms. The summed E-state index contributed by atoms with van der Waals surface area (Å²) in [4.78, 5) is 22.8. The van der Waals surface area contributed by atoms with E-state index in [2.05, 4.69) is 20.2 Å². The van der Waals surface area contributed by atoms with E-state index in [4.69, 9.17) is 0 Å². The second-order valence-electron chi connectivity index (χ2n) is 6.76. The molecule has 1 amide bonds. The summed E-state index contributed by atoms with van der Waals surface area (Å²) in [5, 5.41) is 7.28. The van der Waals surface area contributed by atoms with Crippen LogP contribution < -0.4 is 0 Å². The van der Waals surface area contributed by atoms with Crippen LogP contribution in [0.15, 0.2) is 48.8 Å². The number of nitrogens with zero attached hydrogens (tertiary/aromatic N) is 4. The second-order valence-corrected chi connectivity index (χ2v) is 6.76. The number of rotatable bonds is 4. The number of benzene rings is 1. The molecule has 27 heavy (non-hydrogen) atoms. The van der Waals surface area contributed by atoms with Crippen LogP contribution in [0.4, 0.5) is 4.39 Å². The molecule has 0 saturated carbocycles. The Hall–Kier alpha value is -3.09. The highest BCUT2D eigenvalue weighted by Crippen LogP contribution is 2.23. The van der Waals surface area contributed by atoms with Gasteiger partial charge in [0.2, 0.25) is 0 Å². The lowest BCUT2D eigenvalue weighted by Gasteiger charge is -2.31. The number of amides is 1. The predicted molar refractivity (Wildman–Crippen MR) is 98.3 cm³/mol. The van der Waals surface area contributed by atoms with Gasteiger partial charge in [-0.15, -0.1) is 0 Å². The SMILES string of the molecule is O=C(c1ccccc1F)N1CCC(Cc2nc(-c3ccncc3)n[nH]2)CC1. The van der Waals surface area contributed by atoms with Gasteiger partial charge in [-0.1, -0.05) is 12.1 Å². The minimum atomic E-state index is -0.463. The lowest BCUT2D eigenvalue weighted by molar-refractivity contribution is 0.0685. The van der Waals surface area contributed by atoms with Crippen molar-refractivity contribution in [1.29, 1.82) is 0 Å². The molecule has 1 saturated heterocycles. The molecule has 3 aromatic rings. The Morgan fingerprint density at radius 1 is 1.15 bits per heavy atom. The van der Waals surface area contributed by atoms with Crippen LogP contribution in [0.2, 0.25) is 0 Å². The standard InChI is InChI=1S/C20H20FN5O/c21-17-4-2-1-3-16(17)20(27)26-11-7-14(8-12-26)13-18-23-19(25-24-18)15-5-9-22-10-6-15/h1-6,9-10,14H,7-8,11-13H2,(H,23,24,25). The monoisotopic (exact) mass is 365 g/mol. The quantitative estimate of drug-likeness (QED) is 0.771. The first kappa shape index (κ1) is 17.3. The summed E-state index contributed by atoms with van der Waals surface area (Å²) in [5.41, 5.74) is 1.07. The van der Waals surface area contributed by atoms with Crippen molar-refractivity contribution in [3.8, 4) is 11.4 Å². The van der Waals surface area contributed by atoms with Crippen LogP contribution in [-0.4, -0.2) is 44.1 Å². The Bertz CT molecular complexity index is 919. The van der Waals surface area contributed by atoms with Gasteiger partial charge in [0.15, 0.2) is 5.82 Å². The number of aromatic amines is 1. The van der Waals surface area contributed by atoms with Crippen molar-refractivity contribution in [3.63, 3.8) is 0 Å². The summed E-state index contributed by atoms with van der Waals surface area (Å²) in [6, 6.07) is 9.89. The molecular formula is C20H20FN5O. The molecule has 1 N–H and O–H groups in total. The molecule has 6 nitrogen and oxygen atoms in total. The molecule has 138 valence electrons. The molecule has 4 rings (SSSR count). The van der Waals surface area contributed by atoms with E-state index in [1.54, 1.807) is 35.5 Å². The second kappa shape index (κ2) is 7.65. The number of pyridine rings is 1. The number of likely N-dealkylation sites (tertiary alicyclic amines) is 1. The van der Waals surface area contributed by atoms with Crippen LogP contribution in [0.25, 0.3) is 11.4 Å². The third-order valence-corrected chi connectivity index (χ3v) is 4.96. The van der Waals surface area contributed by atoms with Gasteiger partial charge >= 0.3 is 0 Å². The Morgan fingerprint density at radius 2 is 1.89 bits per heavy atom. The van der Waals surface area contributed by atoms with Crippen LogP contribution in [0.1, 0.15) is 29.0 Å². The van der Waals surface area contributed by atoms with E-state index in [1.165, 1.54) is 6.07 Å². The average molecular weight is 365 g/mol. The number of hydrogen-bond acceptors (Lipinski definition) is 4. The molecule has 1 aliphatic rings. The van der Waals surface area contributed by atoms with Crippen LogP contribution in [0.3, 0.4) is 0 Å². The fraction of sp³-hybridized carbons (Fsp3) is 0.300. The zero-order chi connectivity index (χ0) is 18.6. The van der Waals surface area contributed by atoms with Gasteiger partial charge in [-0.3, -0.25) is 14.9 Å². The van der Waals surface area contributed by atoms with E-state index in [-0.39, 0.29) is 11.5 Å². The lowest BCUT2D eigenvalue weighted by Crippen LogP contribution is -2.39. The van der Waals surface area contributed by atoms with Gasteiger partial charge in [-0.25, -0.2) is 9.37 Å². The number of carbonyl (C=O) groups is 1. The highest BCUT2D eigenvalue weighted by Gasteiger charge is 2.25. The molecule has 1 aliphatic heterocycles. The van der Waals surface area contributed by atoms with Crippen molar-refractivity contribution in [2.24, 2.45) is 5.92 Å². The zero-order valence-electron chi connectivity index (χ0n) is 14.8. The third-order valence-electron chi connectivity index (χ3n) is 4.96. The lowest BCUT2D eigenvalue weighted by atomic mass is 9.93. The van der Waals surface area contributed by atoms with Crippen molar-refractivity contribution < 1.29 is 9.18 Å². The molecule has 1 aromatic carbocycles. The number of aromatic nitrogens is 4. The normalized spacial score (nSPS) is 15.1. The maximum absolute atomic E-state index is 13.8. The van der Waals surface area contributed by atoms with Gasteiger partial charge in [0, 0.05) is 37.5 Å². The first-order valence-corrected chi connectivity index (χ1v) is 9.06. The molecule has 3 heterocycles.